The molecule has 0 aliphatic heterocycles. The topological polar surface area (TPSA) is 41.9 Å². The minimum absolute atomic E-state index is 0.462. The third-order valence-corrected chi connectivity index (χ3v) is 4.55. The molecule has 0 saturated heterocycles. The molecule has 0 aliphatic rings. The van der Waals surface area contributed by atoms with Gasteiger partial charge >= 0.3 is 0 Å². The van der Waals surface area contributed by atoms with Crippen LogP contribution in [0.15, 0.2) is 59.2 Å². The first kappa shape index (κ1) is 17.9. The minimum Gasteiger partial charge on any atom is -0.332 e. The van der Waals surface area contributed by atoms with Crippen LogP contribution in [0.25, 0.3) is 0 Å². The van der Waals surface area contributed by atoms with Crippen molar-refractivity contribution in [2.75, 3.05) is 10.6 Å². The van der Waals surface area contributed by atoms with Gasteiger partial charge < -0.3 is 10.6 Å². The van der Waals surface area contributed by atoms with Crippen molar-refractivity contribution in [1.29, 1.82) is 0 Å². The number of aryl methyl sites for hydroxylation is 1. The maximum absolute atomic E-state index is 5.88. The standard InChI is InChI=1S/C18H16BrClN4S/c1-12-2-4-13(5-3-12)10-24-11-16(19)17(23-24)22-18(25)21-15-8-6-14(20)7-9-15/h2-9,11H,10H2,1H3,(H2,21,22,23,25). The molecule has 0 amide bonds. The molecule has 4 nitrogen and oxygen atoms in total. The molecule has 128 valence electrons. The Bertz CT molecular complexity index is 875. The van der Waals surface area contributed by atoms with Gasteiger partial charge in [0.2, 0.25) is 0 Å². The minimum atomic E-state index is 0.462. The molecule has 25 heavy (non-hydrogen) atoms. The number of hydrogen-bond acceptors (Lipinski definition) is 2. The van der Waals surface area contributed by atoms with Gasteiger partial charge in [0.05, 0.1) is 11.0 Å². The van der Waals surface area contributed by atoms with Gasteiger partial charge in [0.25, 0.3) is 0 Å². The summed E-state index contributed by atoms with van der Waals surface area (Å²) < 4.78 is 2.71. The molecule has 0 fully saturated rings. The second-order valence-electron chi connectivity index (χ2n) is 5.59. The number of hydrogen-bond donors (Lipinski definition) is 2. The molecule has 1 heterocycles. The fourth-order valence-electron chi connectivity index (χ4n) is 2.25. The molecule has 0 radical (unpaired) electrons. The predicted molar refractivity (Wildman–Crippen MR) is 112 cm³/mol. The molecule has 3 rings (SSSR count). The van der Waals surface area contributed by atoms with Crippen LogP contribution < -0.4 is 10.6 Å². The lowest BCUT2D eigenvalue weighted by molar-refractivity contribution is 0.689. The summed E-state index contributed by atoms with van der Waals surface area (Å²) in [7, 11) is 0. The first-order valence-corrected chi connectivity index (χ1v) is 9.19. The van der Waals surface area contributed by atoms with Crippen LogP contribution in [-0.2, 0) is 6.54 Å². The van der Waals surface area contributed by atoms with Crippen LogP contribution >= 0.6 is 39.7 Å². The fraction of sp³-hybridized carbons (Fsp3) is 0.111. The van der Waals surface area contributed by atoms with Gasteiger partial charge in [0.15, 0.2) is 10.9 Å². The van der Waals surface area contributed by atoms with E-state index in [-0.39, 0.29) is 0 Å². The van der Waals surface area contributed by atoms with E-state index >= 15 is 0 Å². The summed E-state index contributed by atoms with van der Waals surface area (Å²) >= 11 is 14.7. The SMILES string of the molecule is Cc1ccc(Cn2cc(Br)c(NC(=S)Nc3ccc(Cl)cc3)n2)cc1. The smallest absolute Gasteiger partial charge is 0.176 e. The highest BCUT2D eigenvalue weighted by atomic mass is 79.9. The van der Waals surface area contributed by atoms with Crippen molar-refractivity contribution < 1.29 is 0 Å². The van der Waals surface area contributed by atoms with Gasteiger partial charge in [-0.2, -0.15) is 5.10 Å². The molecule has 3 aromatic rings. The zero-order valence-electron chi connectivity index (χ0n) is 13.5. The molecule has 7 heteroatoms. The van der Waals surface area contributed by atoms with Crippen molar-refractivity contribution >= 4 is 56.4 Å². The van der Waals surface area contributed by atoms with Crippen LogP contribution in [0, 0.1) is 6.92 Å². The molecule has 0 aliphatic carbocycles. The van der Waals surface area contributed by atoms with Gasteiger partial charge in [-0.05, 0) is 64.9 Å². The number of thiocarbonyl (C=S) groups is 1. The number of rotatable bonds is 4. The largest absolute Gasteiger partial charge is 0.332 e. The van der Waals surface area contributed by atoms with E-state index in [2.05, 4.69) is 62.9 Å². The van der Waals surface area contributed by atoms with E-state index in [0.29, 0.717) is 22.5 Å². The summed E-state index contributed by atoms with van der Waals surface area (Å²) in [5, 5.41) is 11.9. The highest BCUT2D eigenvalue weighted by Crippen LogP contribution is 2.21. The number of benzene rings is 2. The number of halogens is 2. The van der Waals surface area contributed by atoms with E-state index in [0.717, 1.165) is 10.2 Å². The highest BCUT2D eigenvalue weighted by Gasteiger charge is 2.09. The Morgan fingerprint density at radius 3 is 2.48 bits per heavy atom. The van der Waals surface area contributed by atoms with Gasteiger partial charge in [-0.3, -0.25) is 4.68 Å². The lowest BCUT2D eigenvalue weighted by Gasteiger charge is -2.09. The van der Waals surface area contributed by atoms with E-state index in [1.165, 1.54) is 11.1 Å². The second kappa shape index (κ2) is 7.99. The Hall–Kier alpha value is -1.89. The summed E-state index contributed by atoms with van der Waals surface area (Å²) in [6.45, 7) is 2.77. The molecular weight excluding hydrogens is 420 g/mol. The Balaban J connectivity index is 1.64. The average Bonchev–Trinajstić information content (AvgIpc) is 2.91. The first-order valence-electron chi connectivity index (χ1n) is 7.62. The monoisotopic (exact) mass is 434 g/mol. The normalized spacial score (nSPS) is 10.5. The number of nitrogens with one attached hydrogen (secondary N) is 2. The number of nitrogens with zero attached hydrogens (tertiary/aromatic N) is 2. The van der Waals surface area contributed by atoms with Crippen molar-refractivity contribution in [3.8, 4) is 0 Å². The van der Waals surface area contributed by atoms with E-state index in [1.54, 1.807) is 12.1 Å². The van der Waals surface area contributed by atoms with E-state index in [9.17, 15) is 0 Å². The molecule has 0 atom stereocenters. The lowest BCUT2D eigenvalue weighted by Crippen LogP contribution is -2.19. The quantitative estimate of drug-likeness (QED) is 0.534. The van der Waals surface area contributed by atoms with Crippen LogP contribution in [-0.4, -0.2) is 14.9 Å². The van der Waals surface area contributed by atoms with Gasteiger partial charge in [-0.1, -0.05) is 41.4 Å². The summed E-state index contributed by atoms with van der Waals surface area (Å²) in [4.78, 5) is 0. The average molecular weight is 436 g/mol. The van der Waals surface area contributed by atoms with Gasteiger partial charge in [-0.15, -0.1) is 0 Å². The van der Waals surface area contributed by atoms with Crippen LogP contribution in [0.5, 0.6) is 0 Å². The zero-order valence-corrected chi connectivity index (χ0v) is 16.6. The second-order valence-corrected chi connectivity index (χ2v) is 7.29. The molecule has 1 aromatic heterocycles. The summed E-state index contributed by atoms with van der Waals surface area (Å²) in [5.41, 5.74) is 3.29. The maximum atomic E-state index is 5.88. The molecule has 0 bridgehead atoms. The first-order chi connectivity index (χ1) is 12.0. The summed E-state index contributed by atoms with van der Waals surface area (Å²) in [6, 6.07) is 15.7. The van der Waals surface area contributed by atoms with E-state index < -0.39 is 0 Å². The molecule has 0 saturated carbocycles. The molecular formula is C18H16BrClN4S. The Kier molecular flexibility index (Phi) is 5.73. The number of aromatic nitrogens is 2. The predicted octanol–water partition coefficient (Wildman–Crippen LogP) is 5.46. The Morgan fingerprint density at radius 1 is 1.12 bits per heavy atom. The summed E-state index contributed by atoms with van der Waals surface area (Å²) in [5.74, 6) is 0.665. The fourth-order valence-corrected chi connectivity index (χ4v) is 3.00. The molecule has 0 spiro atoms. The maximum Gasteiger partial charge on any atom is 0.176 e. The third kappa shape index (κ3) is 5.04. The van der Waals surface area contributed by atoms with Gasteiger partial charge in [0.1, 0.15) is 0 Å². The van der Waals surface area contributed by atoms with Crippen LogP contribution in [0.4, 0.5) is 11.5 Å². The Labute approximate surface area is 165 Å². The Morgan fingerprint density at radius 2 is 1.80 bits per heavy atom. The van der Waals surface area contributed by atoms with Crippen molar-refractivity contribution in [3.63, 3.8) is 0 Å². The molecule has 2 aromatic carbocycles. The van der Waals surface area contributed by atoms with Gasteiger partial charge in [-0.25, -0.2) is 0 Å². The van der Waals surface area contributed by atoms with E-state index in [4.69, 9.17) is 23.8 Å². The van der Waals surface area contributed by atoms with Crippen molar-refractivity contribution in [2.45, 2.75) is 13.5 Å². The van der Waals surface area contributed by atoms with E-state index in [1.807, 2.05) is 23.0 Å². The van der Waals surface area contributed by atoms with Crippen LogP contribution in [0.1, 0.15) is 11.1 Å². The molecule has 0 unspecified atom stereocenters. The zero-order chi connectivity index (χ0) is 17.8. The summed E-state index contributed by atoms with van der Waals surface area (Å²) in [6.07, 6.45) is 1.92. The van der Waals surface area contributed by atoms with Crippen molar-refractivity contribution in [2.24, 2.45) is 0 Å². The number of anilines is 2. The van der Waals surface area contributed by atoms with Gasteiger partial charge in [0, 0.05) is 16.9 Å². The highest BCUT2D eigenvalue weighted by molar-refractivity contribution is 9.10. The lowest BCUT2D eigenvalue weighted by atomic mass is 10.1. The van der Waals surface area contributed by atoms with Crippen molar-refractivity contribution in [3.05, 3.63) is 75.4 Å². The van der Waals surface area contributed by atoms with Crippen LogP contribution in [0.2, 0.25) is 5.02 Å². The third-order valence-electron chi connectivity index (χ3n) is 3.52. The molecule has 2 N–H and O–H groups in total. The van der Waals surface area contributed by atoms with Crippen LogP contribution in [0.3, 0.4) is 0 Å². The van der Waals surface area contributed by atoms with Crippen molar-refractivity contribution in [1.82, 2.24) is 9.78 Å².